The molecule has 0 radical (unpaired) electrons. The van der Waals surface area contributed by atoms with E-state index in [0.29, 0.717) is 16.8 Å². The van der Waals surface area contributed by atoms with E-state index < -0.39 is 11.6 Å². The maximum absolute atomic E-state index is 15.3. The molecule has 27 heavy (non-hydrogen) atoms. The third-order valence-electron chi connectivity index (χ3n) is 4.16. The number of hydrogen-bond donors (Lipinski definition) is 0. The second kappa shape index (κ2) is 9.21. The van der Waals surface area contributed by atoms with Gasteiger partial charge in [-0.25, -0.2) is 18.7 Å². The number of rotatable bonds is 5. The summed E-state index contributed by atoms with van der Waals surface area (Å²) in [4.78, 5) is 10.4. The zero-order valence-corrected chi connectivity index (χ0v) is 16.3. The van der Waals surface area contributed by atoms with Crippen LogP contribution in [0.3, 0.4) is 0 Å². The molecule has 1 heterocycles. The predicted molar refractivity (Wildman–Crippen MR) is 110 cm³/mol. The van der Waals surface area contributed by atoms with E-state index in [-0.39, 0.29) is 16.6 Å². The molecule has 1 aromatic heterocycles. The number of fused-ring (bicyclic) bond motifs is 1. The molecule has 3 nitrogen and oxygen atoms in total. The fraction of sp³-hybridized carbons (Fsp3) is 0.273. The van der Waals surface area contributed by atoms with Crippen LogP contribution in [-0.4, -0.2) is 23.6 Å². The van der Waals surface area contributed by atoms with Gasteiger partial charge in [-0.2, -0.15) is 0 Å². The van der Waals surface area contributed by atoms with E-state index in [4.69, 9.17) is 0 Å². The molecule has 0 amide bonds. The fourth-order valence-electron chi connectivity index (χ4n) is 3.01. The van der Waals surface area contributed by atoms with E-state index in [1.54, 1.807) is 24.3 Å². The Bertz CT molecular complexity index is 938. The lowest BCUT2D eigenvalue weighted by Gasteiger charge is -2.20. The minimum Gasteiger partial charge on any atom is -0.359 e. The molecular formula is C22H25F2N3. The lowest BCUT2D eigenvalue weighted by atomic mass is 9.96. The average molecular weight is 369 g/mol. The molecule has 0 aliphatic rings. The summed E-state index contributed by atoms with van der Waals surface area (Å²) in [5, 5.41) is 0.589. The van der Waals surface area contributed by atoms with E-state index in [1.807, 2.05) is 25.8 Å². The maximum Gasteiger partial charge on any atom is 0.158 e. The van der Waals surface area contributed by atoms with Crippen molar-refractivity contribution < 1.29 is 8.78 Å². The lowest BCUT2D eigenvalue weighted by Crippen LogP contribution is -2.19. The number of anilines is 1. The zero-order valence-electron chi connectivity index (χ0n) is 16.3. The van der Waals surface area contributed by atoms with Crippen LogP contribution in [0.4, 0.5) is 14.6 Å². The van der Waals surface area contributed by atoms with Gasteiger partial charge in [-0.3, -0.25) is 0 Å². The Morgan fingerprint density at radius 3 is 2.48 bits per heavy atom. The predicted octanol–water partition coefficient (Wildman–Crippen LogP) is 6.09. The Labute approximate surface area is 159 Å². The molecule has 0 fully saturated rings. The van der Waals surface area contributed by atoms with Crippen molar-refractivity contribution in [1.29, 1.82) is 0 Å². The van der Waals surface area contributed by atoms with Crippen LogP contribution in [0.5, 0.6) is 0 Å². The Morgan fingerprint density at radius 2 is 1.85 bits per heavy atom. The maximum atomic E-state index is 15.3. The molecule has 0 N–H and O–H groups in total. The Kier molecular flexibility index (Phi) is 6.99. The minimum absolute atomic E-state index is 0.170. The largest absolute Gasteiger partial charge is 0.359 e. The second-order valence-corrected chi connectivity index (χ2v) is 5.85. The van der Waals surface area contributed by atoms with Gasteiger partial charge >= 0.3 is 0 Å². The van der Waals surface area contributed by atoms with E-state index in [2.05, 4.69) is 23.5 Å². The quantitative estimate of drug-likeness (QED) is 0.545. The second-order valence-electron chi connectivity index (χ2n) is 5.85. The summed E-state index contributed by atoms with van der Waals surface area (Å²) in [7, 11) is 1.90. The van der Waals surface area contributed by atoms with Crippen molar-refractivity contribution in [2.45, 2.75) is 27.2 Å². The molecule has 0 atom stereocenters. The van der Waals surface area contributed by atoms with E-state index in [9.17, 15) is 4.39 Å². The molecule has 0 spiro atoms. The molecule has 0 aliphatic heterocycles. The summed E-state index contributed by atoms with van der Waals surface area (Å²) >= 11 is 0. The van der Waals surface area contributed by atoms with Crippen LogP contribution < -0.4 is 4.90 Å². The van der Waals surface area contributed by atoms with Crippen molar-refractivity contribution in [3.05, 3.63) is 60.4 Å². The van der Waals surface area contributed by atoms with Crippen LogP contribution >= 0.6 is 0 Å². The number of nitrogens with zero attached hydrogens (tertiary/aromatic N) is 3. The number of benzene rings is 2. The Morgan fingerprint density at radius 1 is 1.15 bits per heavy atom. The summed E-state index contributed by atoms with van der Waals surface area (Å²) in [6, 6.07) is 7.89. The molecule has 2 aromatic carbocycles. The van der Waals surface area contributed by atoms with Gasteiger partial charge in [-0.1, -0.05) is 51.6 Å². The van der Waals surface area contributed by atoms with Crippen LogP contribution in [0.15, 0.2) is 43.2 Å². The van der Waals surface area contributed by atoms with Crippen molar-refractivity contribution in [1.82, 2.24) is 9.97 Å². The SMILES string of the molecule is C=Cc1cc2c(N(C)CCC)ncnc2c(F)c1-c1ccccc1F.CC. The zero-order chi connectivity index (χ0) is 20.0. The van der Waals surface area contributed by atoms with Gasteiger partial charge < -0.3 is 4.90 Å². The minimum atomic E-state index is -0.564. The molecule has 0 saturated heterocycles. The first kappa shape index (κ1) is 20.5. The Balaban J connectivity index is 0.00000126. The van der Waals surface area contributed by atoms with Crippen LogP contribution in [0.25, 0.3) is 28.1 Å². The van der Waals surface area contributed by atoms with Crippen LogP contribution in [-0.2, 0) is 0 Å². The molecule has 142 valence electrons. The summed E-state index contributed by atoms with van der Waals surface area (Å²) in [6.45, 7) is 10.6. The van der Waals surface area contributed by atoms with Crippen LogP contribution in [0.2, 0.25) is 0 Å². The summed E-state index contributed by atoms with van der Waals surface area (Å²) < 4.78 is 29.5. The van der Waals surface area contributed by atoms with Gasteiger partial charge in [0, 0.05) is 30.1 Å². The van der Waals surface area contributed by atoms with Gasteiger partial charge in [0.05, 0.1) is 0 Å². The molecule has 0 unspecified atom stereocenters. The van der Waals surface area contributed by atoms with Crippen LogP contribution in [0.1, 0.15) is 32.8 Å². The molecule has 0 saturated carbocycles. The smallest absolute Gasteiger partial charge is 0.158 e. The van der Waals surface area contributed by atoms with Gasteiger partial charge in [0.25, 0.3) is 0 Å². The molecule has 3 rings (SSSR count). The summed E-state index contributed by atoms with van der Waals surface area (Å²) in [5.41, 5.74) is 1.05. The van der Waals surface area contributed by atoms with Gasteiger partial charge in [0.15, 0.2) is 5.82 Å². The monoisotopic (exact) mass is 369 g/mol. The van der Waals surface area contributed by atoms with Gasteiger partial charge in [0.1, 0.15) is 23.5 Å². The van der Waals surface area contributed by atoms with Crippen molar-refractivity contribution in [3.63, 3.8) is 0 Å². The van der Waals surface area contributed by atoms with Gasteiger partial charge in [0.2, 0.25) is 0 Å². The van der Waals surface area contributed by atoms with Crippen molar-refractivity contribution in [2.75, 3.05) is 18.5 Å². The first-order valence-electron chi connectivity index (χ1n) is 9.14. The van der Waals surface area contributed by atoms with Crippen molar-refractivity contribution in [2.24, 2.45) is 0 Å². The topological polar surface area (TPSA) is 29.0 Å². The number of aromatic nitrogens is 2. The first-order valence-corrected chi connectivity index (χ1v) is 9.14. The van der Waals surface area contributed by atoms with Crippen molar-refractivity contribution in [3.8, 4) is 11.1 Å². The number of hydrogen-bond acceptors (Lipinski definition) is 3. The highest BCUT2D eigenvalue weighted by atomic mass is 19.1. The molecule has 3 aromatic rings. The van der Waals surface area contributed by atoms with Gasteiger partial charge in [-0.15, -0.1) is 0 Å². The summed E-state index contributed by atoms with van der Waals surface area (Å²) in [5.74, 6) is -0.402. The average Bonchev–Trinajstić information content (AvgIpc) is 2.70. The standard InChI is InChI=1S/C20H19F2N3.C2H6/c1-4-10-25(3)20-15-11-13(5-2)17(14-8-6-7-9-16(14)21)18(22)19(15)23-12-24-20;1-2/h5-9,11-12H,2,4,10H2,1,3H3;1-2H3. The highest BCUT2D eigenvalue weighted by Crippen LogP contribution is 2.36. The highest BCUT2D eigenvalue weighted by molar-refractivity contribution is 5.96. The third-order valence-corrected chi connectivity index (χ3v) is 4.16. The van der Waals surface area contributed by atoms with Crippen molar-refractivity contribution >= 4 is 22.8 Å². The molecule has 0 bridgehead atoms. The van der Waals surface area contributed by atoms with E-state index >= 15 is 4.39 Å². The number of halogens is 2. The summed E-state index contributed by atoms with van der Waals surface area (Å²) in [6.07, 6.45) is 3.80. The molecule has 5 heteroatoms. The van der Waals surface area contributed by atoms with Crippen LogP contribution in [0, 0.1) is 11.6 Å². The third kappa shape index (κ3) is 3.97. The fourth-order valence-corrected chi connectivity index (χ4v) is 3.01. The first-order chi connectivity index (χ1) is 13.1. The molecular weight excluding hydrogens is 344 g/mol. The molecule has 0 aliphatic carbocycles. The highest BCUT2D eigenvalue weighted by Gasteiger charge is 2.20. The van der Waals surface area contributed by atoms with Gasteiger partial charge in [-0.05, 0) is 24.1 Å². The lowest BCUT2D eigenvalue weighted by molar-refractivity contribution is 0.620. The van der Waals surface area contributed by atoms with E-state index in [0.717, 1.165) is 13.0 Å². The normalized spacial score (nSPS) is 10.3. The van der Waals surface area contributed by atoms with E-state index in [1.165, 1.54) is 18.5 Å². The Hall–Kier alpha value is -2.82.